The molecule has 4 aromatic rings. The van der Waals surface area contributed by atoms with Crippen molar-refractivity contribution in [3.63, 3.8) is 0 Å². The lowest BCUT2D eigenvalue weighted by Gasteiger charge is -2.23. The van der Waals surface area contributed by atoms with E-state index in [0.717, 1.165) is 66.8 Å². The highest BCUT2D eigenvalue weighted by molar-refractivity contribution is 5.97. The van der Waals surface area contributed by atoms with Crippen LogP contribution in [0.15, 0.2) is 30.3 Å². The molecular weight excluding hydrogens is 606 g/mol. The van der Waals surface area contributed by atoms with E-state index in [1.54, 1.807) is 13.2 Å². The fourth-order valence-electron chi connectivity index (χ4n) is 7.86. The standard InChI is InChI=1S/C34H40F2N8O3/c1-17(38-34(46)41-15-23(35)24(36)16-41)26-8-6-20-10-28(42(32(20)39-26)14-19-4-5-19)31-18(2)43-29(40-31)11-21(12-30(43)47-3)33(45)44-22-7-9-27(44)25(37)13-22/h6,8,10-12,17,19,22-25,27H,4-5,7,9,13-16,37H2,1-3H3,(H,38,46)/t17-,22+,23-,24+,25-,27?/m1/s1. The molecule has 0 spiro atoms. The van der Waals surface area contributed by atoms with Gasteiger partial charge in [-0.15, -0.1) is 0 Å². The van der Waals surface area contributed by atoms with Crippen molar-refractivity contribution in [3.8, 4) is 17.3 Å². The number of hydrogen-bond donors (Lipinski definition) is 2. The summed E-state index contributed by atoms with van der Waals surface area (Å²) in [5, 5.41) is 3.79. The smallest absolute Gasteiger partial charge is 0.318 e. The first-order valence-corrected chi connectivity index (χ1v) is 16.6. The Labute approximate surface area is 271 Å². The van der Waals surface area contributed by atoms with Gasteiger partial charge in [-0.1, -0.05) is 0 Å². The Bertz CT molecular complexity index is 1890. The highest BCUT2D eigenvalue weighted by atomic mass is 19.2. The Hall–Kier alpha value is -4.26. The molecule has 3 saturated heterocycles. The first-order chi connectivity index (χ1) is 22.6. The van der Waals surface area contributed by atoms with Crippen molar-refractivity contribution in [2.45, 2.75) is 89.0 Å². The van der Waals surface area contributed by atoms with Crippen molar-refractivity contribution < 1.29 is 23.1 Å². The Kier molecular flexibility index (Phi) is 7.16. The van der Waals surface area contributed by atoms with E-state index in [9.17, 15) is 18.4 Å². The summed E-state index contributed by atoms with van der Waals surface area (Å²) < 4.78 is 37.4. The molecule has 3 amide bonds. The number of amides is 3. The molecule has 3 aliphatic heterocycles. The number of carbonyl (C=O) groups is 2. The number of carbonyl (C=O) groups excluding carboxylic acids is 2. The minimum atomic E-state index is -1.66. The zero-order valence-electron chi connectivity index (χ0n) is 26.8. The molecule has 4 aliphatic rings. The van der Waals surface area contributed by atoms with Crippen LogP contribution < -0.4 is 15.8 Å². The predicted molar refractivity (Wildman–Crippen MR) is 172 cm³/mol. The molecule has 4 aromatic heterocycles. The molecule has 0 aromatic carbocycles. The second-order valence-corrected chi connectivity index (χ2v) is 13.8. The van der Waals surface area contributed by atoms with Gasteiger partial charge in [0.2, 0.25) is 0 Å². The largest absolute Gasteiger partial charge is 0.482 e. The fraction of sp³-hybridized carbons (Fsp3) is 0.529. The highest BCUT2D eigenvalue weighted by Crippen LogP contribution is 2.40. The second kappa shape index (κ2) is 11.2. The van der Waals surface area contributed by atoms with Gasteiger partial charge in [-0.05, 0) is 76.1 Å². The summed E-state index contributed by atoms with van der Waals surface area (Å²) in [6.07, 6.45) is 1.71. The topological polar surface area (TPSA) is 123 Å². The molecule has 8 rings (SSSR count). The van der Waals surface area contributed by atoms with Gasteiger partial charge in [-0.25, -0.2) is 23.5 Å². The maximum absolute atomic E-state index is 13.8. The molecule has 6 atom stereocenters. The van der Waals surface area contributed by atoms with Crippen LogP contribution in [0.25, 0.3) is 28.1 Å². The number of urea groups is 1. The molecule has 1 unspecified atom stereocenters. The average Bonchev–Trinajstić information content (AvgIpc) is 3.29. The summed E-state index contributed by atoms with van der Waals surface area (Å²) in [4.78, 5) is 39.8. The Balaban J connectivity index is 1.15. The van der Waals surface area contributed by atoms with E-state index >= 15 is 0 Å². The van der Waals surface area contributed by atoms with Crippen molar-refractivity contribution in [1.29, 1.82) is 0 Å². The summed E-state index contributed by atoms with van der Waals surface area (Å²) in [6, 6.07) is 8.85. The first kappa shape index (κ1) is 30.1. The first-order valence-electron chi connectivity index (χ1n) is 16.6. The van der Waals surface area contributed by atoms with E-state index in [-0.39, 0.29) is 37.1 Å². The quantitative estimate of drug-likeness (QED) is 0.304. The second-order valence-electron chi connectivity index (χ2n) is 13.8. The van der Waals surface area contributed by atoms with Gasteiger partial charge in [0.15, 0.2) is 18.2 Å². The molecule has 0 radical (unpaired) electrons. The van der Waals surface area contributed by atoms with Crippen molar-refractivity contribution >= 4 is 28.6 Å². The van der Waals surface area contributed by atoms with E-state index in [2.05, 4.69) is 16.0 Å². The summed E-state index contributed by atoms with van der Waals surface area (Å²) in [6.45, 7) is 4.07. The van der Waals surface area contributed by atoms with Crippen LogP contribution in [0.4, 0.5) is 13.6 Å². The van der Waals surface area contributed by atoms with Crippen LogP contribution in [0.2, 0.25) is 0 Å². The molecule has 13 heteroatoms. The number of nitrogens with zero attached hydrogens (tertiary/aromatic N) is 6. The number of likely N-dealkylation sites (tertiary alicyclic amines) is 1. The third-order valence-electron chi connectivity index (χ3n) is 10.6. The molecule has 1 aliphatic carbocycles. The minimum absolute atomic E-state index is 0.0173. The van der Waals surface area contributed by atoms with Crippen LogP contribution in [-0.2, 0) is 6.54 Å². The lowest BCUT2D eigenvalue weighted by Crippen LogP contribution is -2.40. The summed E-state index contributed by atoms with van der Waals surface area (Å²) >= 11 is 0. The molecular formula is C34H40F2N8O3. The molecule has 2 bridgehead atoms. The molecule has 248 valence electrons. The van der Waals surface area contributed by atoms with Gasteiger partial charge in [0.05, 0.1) is 43.3 Å². The number of rotatable bonds is 7. The maximum atomic E-state index is 13.8. The summed E-state index contributed by atoms with van der Waals surface area (Å²) in [5.74, 6) is 1.03. The minimum Gasteiger partial charge on any atom is -0.482 e. The number of fused-ring (bicyclic) bond motifs is 4. The molecule has 11 nitrogen and oxygen atoms in total. The number of imidazole rings is 1. The van der Waals surface area contributed by atoms with Gasteiger partial charge in [-0.3, -0.25) is 9.20 Å². The van der Waals surface area contributed by atoms with Gasteiger partial charge in [0.1, 0.15) is 17.0 Å². The predicted octanol–water partition coefficient (Wildman–Crippen LogP) is 4.54. The number of aryl methyl sites for hydroxylation is 1. The van der Waals surface area contributed by atoms with Crippen molar-refractivity contribution in [1.82, 2.24) is 34.1 Å². The lowest BCUT2D eigenvalue weighted by atomic mass is 9.97. The van der Waals surface area contributed by atoms with Crippen LogP contribution >= 0.6 is 0 Å². The number of hydrogen-bond acceptors (Lipinski definition) is 6. The fourth-order valence-corrected chi connectivity index (χ4v) is 7.86. The third kappa shape index (κ3) is 5.01. The van der Waals surface area contributed by atoms with Gasteiger partial charge >= 0.3 is 6.03 Å². The molecule has 47 heavy (non-hydrogen) atoms. The van der Waals surface area contributed by atoms with Gasteiger partial charge in [0.25, 0.3) is 5.91 Å². The number of aromatic nitrogens is 4. The van der Waals surface area contributed by atoms with E-state index in [1.807, 2.05) is 41.3 Å². The zero-order chi connectivity index (χ0) is 32.7. The van der Waals surface area contributed by atoms with Gasteiger partial charge in [0, 0.05) is 41.7 Å². The van der Waals surface area contributed by atoms with Crippen molar-refractivity contribution in [2.75, 3.05) is 20.2 Å². The van der Waals surface area contributed by atoms with E-state index in [0.29, 0.717) is 28.7 Å². The number of methoxy groups -OCH3 is 1. The average molecular weight is 647 g/mol. The van der Waals surface area contributed by atoms with Gasteiger partial charge < -0.3 is 30.2 Å². The summed E-state index contributed by atoms with van der Waals surface area (Å²) in [7, 11) is 1.60. The van der Waals surface area contributed by atoms with Crippen molar-refractivity contribution in [3.05, 3.63) is 47.3 Å². The normalized spacial score (nSPS) is 26.1. The monoisotopic (exact) mass is 646 g/mol. The van der Waals surface area contributed by atoms with Crippen LogP contribution in [0.5, 0.6) is 5.88 Å². The number of nitrogens with one attached hydrogen (secondary N) is 1. The van der Waals surface area contributed by atoms with Crippen LogP contribution in [0.1, 0.15) is 66.8 Å². The number of alkyl halides is 2. The third-order valence-corrected chi connectivity index (χ3v) is 10.6. The molecule has 4 fully saturated rings. The van der Waals surface area contributed by atoms with E-state index < -0.39 is 24.4 Å². The maximum Gasteiger partial charge on any atom is 0.318 e. The molecule has 1 saturated carbocycles. The Morgan fingerprint density at radius 3 is 2.51 bits per heavy atom. The number of halogens is 2. The van der Waals surface area contributed by atoms with E-state index in [1.165, 1.54) is 4.90 Å². The number of pyridine rings is 2. The highest BCUT2D eigenvalue weighted by Gasteiger charge is 2.47. The zero-order valence-corrected chi connectivity index (χ0v) is 26.8. The van der Waals surface area contributed by atoms with Crippen molar-refractivity contribution in [2.24, 2.45) is 11.7 Å². The number of nitrogens with two attached hydrogens (primary N) is 1. The Morgan fingerprint density at radius 2 is 1.85 bits per heavy atom. The lowest BCUT2D eigenvalue weighted by molar-refractivity contribution is 0.0726. The Morgan fingerprint density at radius 1 is 1.09 bits per heavy atom. The van der Waals surface area contributed by atoms with E-state index in [4.69, 9.17) is 20.4 Å². The van der Waals surface area contributed by atoms with Crippen LogP contribution in [0, 0.1) is 12.8 Å². The number of ether oxygens (including phenoxy) is 1. The molecule has 3 N–H and O–H groups in total. The summed E-state index contributed by atoms with van der Waals surface area (Å²) in [5.41, 5.74) is 11.5. The van der Waals surface area contributed by atoms with Crippen LogP contribution in [-0.4, -0.2) is 91.3 Å². The SMILES string of the molecule is COc1cc(C(=O)N2C3CC[C@H]2C[C@H]3N)cc2nc(-c3cc4ccc([C@@H](C)NC(=O)N5C[C@@H](F)[C@@H](F)C5)nc4n3CC3CC3)c(C)n12. The van der Waals surface area contributed by atoms with Crippen LogP contribution in [0.3, 0.4) is 0 Å². The molecule has 7 heterocycles. The van der Waals surface area contributed by atoms with Gasteiger partial charge in [-0.2, -0.15) is 0 Å².